The molecule has 5 nitrogen and oxygen atoms in total. The van der Waals surface area contributed by atoms with E-state index in [1.807, 2.05) is 55.5 Å². The molecule has 0 aliphatic carbocycles. The maximum absolute atomic E-state index is 5.65. The lowest BCUT2D eigenvalue weighted by molar-refractivity contribution is 0.432. The Morgan fingerprint density at radius 2 is 1.96 bits per heavy atom. The van der Waals surface area contributed by atoms with Gasteiger partial charge in [-0.15, -0.1) is 11.6 Å². The molecule has 0 amide bonds. The molecule has 0 fully saturated rings. The van der Waals surface area contributed by atoms with Gasteiger partial charge in [-0.05, 0) is 25.1 Å². The predicted molar refractivity (Wildman–Crippen MR) is 91.9 cm³/mol. The Kier molecular flexibility index (Phi) is 4.39. The summed E-state index contributed by atoms with van der Waals surface area (Å²) in [5.74, 6) is 1.52. The predicted octanol–water partition coefficient (Wildman–Crippen LogP) is 3.94. The van der Waals surface area contributed by atoms with Crippen molar-refractivity contribution < 1.29 is 4.52 Å². The minimum absolute atomic E-state index is 0.183. The summed E-state index contributed by atoms with van der Waals surface area (Å²) >= 11 is 5.64. The van der Waals surface area contributed by atoms with Gasteiger partial charge in [-0.3, -0.25) is 0 Å². The Labute approximate surface area is 138 Å². The minimum atomic E-state index is 0.183. The molecule has 0 bridgehead atoms. The van der Waals surface area contributed by atoms with E-state index >= 15 is 0 Å². The first-order valence-corrected chi connectivity index (χ1v) is 7.59. The van der Waals surface area contributed by atoms with Crippen LogP contribution in [0.5, 0.6) is 0 Å². The number of amidine groups is 1. The Bertz CT molecular complexity index is 840. The summed E-state index contributed by atoms with van der Waals surface area (Å²) in [6.45, 7) is 2.03. The van der Waals surface area contributed by atoms with Crippen molar-refractivity contribution in [3.8, 4) is 22.8 Å². The highest BCUT2D eigenvalue weighted by Crippen LogP contribution is 2.25. The van der Waals surface area contributed by atoms with E-state index in [0.29, 0.717) is 23.2 Å². The van der Waals surface area contributed by atoms with Crippen molar-refractivity contribution >= 4 is 23.1 Å². The molecule has 0 atom stereocenters. The number of alkyl halides is 1. The summed E-state index contributed by atoms with van der Waals surface area (Å²) in [6, 6.07) is 15.3. The molecule has 1 aromatic heterocycles. The number of halogens is 1. The second-order valence-electron chi connectivity index (χ2n) is 5.08. The summed E-state index contributed by atoms with van der Waals surface area (Å²) in [6.07, 6.45) is 0. The zero-order valence-corrected chi connectivity index (χ0v) is 13.3. The van der Waals surface area contributed by atoms with Gasteiger partial charge < -0.3 is 10.3 Å². The van der Waals surface area contributed by atoms with Gasteiger partial charge in [-0.25, -0.2) is 4.99 Å². The first kappa shape index (κ1) is 15.2. The third kappa shape index (κ3) is 3.57. The summed E-state index contributed by atoms with van der Waals surface area (Å²) in [7, 11) is 0. The van der Waals surface area contributed by atoms with E-state index in [9.17, 15) is 0 Å². The Balaban J connectivity index is 1.91. The van der Waals surface area contributed by atoms with Gasteiger partial charge >= 0.3 is 0 Å². The van der Waals surface area contributed by atoms with Crippen molar-refractivity contribution in [3.05, 3.63) is 54.1 Å². The fourth-order valence-electron chi connectivity index (χ4n) is 2.06. The molecule has 3 rings (SSSR count). The standard InChI is InChI=1S/C17H15ClN4O/c1-11-5-7-12(8-6-11)16-21-17(23-22-16)13-3-2-4-14(9-13)20-15(19)10-18/h2-9H,10H2,1H3,(H2,19,20). The number of rotatable bonds is 4. The highest BCUT2D eigenvalue weighted by atomic mass is 35.5. The quantitative estimate of drug-likeness (QED) is 0.447. The maximum Gasteiger partial charge on any atom is 0.258 e. The van der Waals surface area contributed by atoms with Gasteiger partial charge in [-0.1, -0.05) is 41.1 Å². The molecule has 2 aromatic carbocycles. The molecule has 0 spiro atoms. The third-order valence-corrected chi connectivity index (χ3v) is 3.51. The van der Waals surface area contributed by atoms with Crippen LogP contribution in [0.25, 0.3) is 22.8 Å². The van der Waals surface area contributed by atoms with Crippen LogP contribution in [0, 0.1) is 6.92 Å². The molecular weight excluding hydrogens is 312 g/mol. The second-order valence-corrected chi connectivity index (χ2v) is 5.34. The lowest BCUT2D eigenvalue weighted by Crippen LogP contribution is -2.12. The van der Waals surface area contributed by atoms with Crippen LogP contribution < -0.4 is 5.73 Å². The van der Waals surface area contributed by atoms with Crippen LogP contribution in [0.1, 0.15) is 5.56 Å². The Morgan fingerprint density at radius 1 is 1.17 bits per heavy atom. The van der Waals surface area contributed by atoms with Crippen LogP contribution in [0.2, 0.25) is 0 Å². The number of nitrogens with two attached hydrogens (primary N) is 1. The van der Waals surface area contributed by atoms with Gasteiger partial charge in [0.15, 0.2) is 0 Å². The molecule has 0 unspecified atom stereocenters. The zero-order valence-electron chi connectivity index (χ0n) is 12.5. The number of hydrogen-bond acceptors (Lipinski definition) is 4. The SMILES string of the molecule is Cc1ccc(-c2noc(-c3cccc(N=C(N)CCl)c3)n2)cc1. The fraction of sp³-hybridized carbons (Fsp3) is 0.118. The summed E-state index contributed by atoms with van der Waals surface area (Å²) in [4.78, 5) is 8.65. The van der Waals surface area contributed by atoms with Crippen molar-refractivity contribution in [1.29, 1.82) is 0 Å². The highest BCUT2D eigenvalue weighted by molar-refractivity contribution is 6.28. The zero-order chi connectivity index (χ0) is 16.2. The smallest absolute Gasteiger partial charge is 0.258 e. The normalized spacial score (nSPS) is 11.7. The van der Waals surface area contributed by atoms with E-state index in [0.717, 1.165) is 11.1 Å². The van der Waals surface area contributed by atoms with Crippen LogP contribution in [-0.4, -0.2) is 21.9 Å². The molecule has 0 saturated carbocycles. The number of aryl methyl sites for hydroxylation is 1. The molecular formula is C17H15ClN4O. The van der Waals surface area contributed by atoms with Gasteiger partial charge in [0.25, 0.3) is 5.89 Å². The maximum atomic E-state index is 5.65. The number of benzene rings is 2. The fourth-order valence-corrected chi connectivity index (χ4v) is 2.12. The largest absolute Gasteiger partial charge is 0.386 e. The van der Waals surface area contributed by atoms with Gasteiger partial charge in [0, 0.05) is 11.1 Å². The second kappa shape index (κ2) is 6.62. The molecule has 116 valence electrons. The highest BCUT2D eigenvalue weighted by Gasteiger charge is 2.11. The average molecular weight is 327 g/mol. The molecule has 2 N–H and O–H groups in total. The summed E-state index contributed by atoms with van der Waals surface area (Å²) in [5, 5.41) is 4.03. The van der Waals surface area contributed by atoms with Crippen LogP contribution in [0.3, 0.4) is 0 Å². The van der Waals surface area contributed by atoms with Crippen LogP contribution >= 0.6 is 11.6 Å². The van der Waals surface area contributed by atoms with Gasteiger partial charge in [0.1, 0.15) is 5.84 Å². The molecule has 0 saturated heterocycles. The monoisotopic (exact) mass is 326 g/mol. The van der Waals surface area contributed by atoms with Crippen LogP contribution in [0.15, 0.2) is 58.0 Å². The van der Waals surface area contributed by atoms with Crippen molar-refractivity contribution in [2.45, 2.75) is 6.92 Å². The van der Waals surface area contributed by atoms with Crippen molar-refractivity contribution in [2.75, 3.05) is 5.88 Å². The van der Waals surface area contributed by atoms with Gasteiger partial charge in [-0.2, -0.15) is 4.98 Å². The van der Waals surface area contributed by atoms with Crippen molar-refractivity contribution in [3.63, 3.8) is 0 Å². The lowest BCUT2D eigenvalue weighted by atomic mass is 10.1. The molecule has 6 heteroatoms. The van der Waals surface area contributed by atoms with E-state index in [1.54, 1.807) is 0 Å². The third-order valence-electron chi connectivity index (χ3n) is 3.24. The molecule has 0 aliphatic heterocycles. The van der Waals surface area contributed by atoms with E-state index in [4.69, 9.17) is 21.9 Å². The molecule has 0 radical (unpaired) electrons. The van der Waals surface area contributed by atoms with E-state index < -0.39 is 0 Å². The molecule has 0 aliphatic rings. The van der Waals surface area contributed by atoms with E-state index in [2.05, 4.69) is 15.1 Å². The van der Waals surface area contributed by atoms with Crippen molar-refractivity contribution in [2.24, 2.45) is 10.7 Å². The topological polar surface area (TPSA) is 77.3 Å². The molecule has 23 heavy (non-hydrogen) atoms. The number of nitrogens with zero attached hydrogens (tertiary/aromatic N) is 3. The lowest BCUT2D eigenvalue weighted by Gasteiger charge is -1.98. The summed E-state index contributed by atoms with van der Waals surface area (Å²) < 4.78 is 5.35. The first-order chi connectivity index (χ1) is 11.2. The van der Waals surface area contributed by atoms with Crippen LogP contribution in [0.4, 0.5) is 5.69 Å². The average Bonchev–Trinajstić information content (AvgIpc) is 3.06. The van der Waals surface area contributed by atoms with Crippen molar-refractivity contribution in [1.82, 2.24) is 10.1 Å². The summed E-state index contributed by atoms with van der Waals surface area (Å²) in [5.41, 5.74) is 9.21. The van der Waals surface area contributed by atoms with Gasteiger partial charge in [0.05, 0.1) is 11.6 Å². The molecule has 3 aromatic rings. The number of hydrogen-bond donors (Lipinski definition) is 1. The van der Waals surface area contributed by atoms with E-state index in [-0.39, 0.29) is 5.88 Å². The first-order valence-electron chi connectivity index (χ1n) is 7.06. The van der Waals surface area contributed by atoms with Crippen LogP contribution in [-0.2, 0) is 0 Å². The van der Waals surface area contributed by atoms with Gasteiger partial charge in [0.2, 0.25) is 5.82 Å². The number of aromatic nitrogens is 2. The number of aliphatic imine (C=N–C) groups is 1. The Hall–Kier alpha value is -2.66. The minimum Gasteiger partial charge on any atom is -0.386 e. The molecule has 1 heterocycles. The Morgan fingerprint density at radius 3 is 2.70 bits per heavy atom. The van der Waals surface area contributed by atoms with E-state index in [1.165, 1.54) is 5.56 Å².